The number of nitrogens with one attached hydrogen (secondary N) is 2. The molecule has 2 aromatic rings. The molecule has 9 heteroatoms. The predicted octanol–water partition coefficient (Wildman–Crippen LogP) is 2.84. The maximum atomic E-state index is 12.1. The zero-order valence-corrected chi connectivity index (χ0v) is 17.2. The predicted molar refractivity (Wildman–Crippen MR) is 113 cm³/mol. The quantitative estimate of drug-likeness (QED) is 0.511. The Hall–Kier alpha value is -2.91. The normalized spacial score (nSPS) is 13.9. The van der Waals surface area contributed by atoms with Crippen molar-refractivity contribution in [3.63, 3.8) is 0 Å². The monoisotopic (exact) mass is 460 g/mol. The average molecular weight is 461 g/mol. The number of halogens is 1. The van der Waals surface area contributed by atoms with Crippen LogP contribution in [0.5, 0.6) is 5.75 Å². The highest BCUT2D eigenvalue weighted by Gasteiger charge is 2.17. The van der Waals surface area contributed by atoms with E-state index in [9.17, 15) is 9.59 Å². The number of carbonyl (C=O) groups is 2. The summed E-state index contributed by atoms with van der Waals surface area (Å²) < 4.78 is 11.5. The molecule has 152 valence electrons. The Kier molecular flexibility index (Phi) is 7.60. The number of anilines is 1. The highest BCUT2D eigenvalue weighted by Crippen LogP contribution is 2.25. The summed E-state index contributed by atoms with van der Waals surface area (Å²) >= 11 is 3.43. The van der Waals surface area contributed by atoms with Crippen LogP contribution in [0.15, 0.2) is 58.1 Å². The van der Waals surface area contributed by atoms with Crippen LogP contribution in [0.2, 0.25) is 0 Å². The van der Waals surface area contributed by atoms with Gasteiger partial charge in [-0.05, 0) is 51.8 Å². The van der Waals surface area contributed by atoms with Gasteiger partial charge in [-0.1, -0.05) is 18.2 Å². The van der Waals surface area contributed by atoms with Crippen LogP contribution in [-0.4, -0.2) is 56.0 Å². The van der Waals surface area contributed by atoms with Gasteiger partial charge in [-0.15, -0.1) is 0 Å². The summed E-state index contributed by atoms with van der Waals surface area (Å²) in [4.78, 5) is 25.7. The Bertz CT molecular complexity index is 870. The zero-order valence-electron chi connectivity index (χ0n) is 15.6. The van der Waals surface area contributed by atoms with E-state index < -0.39 is 6.03 Å². The van der Waals surface area contributed by atoms with Gasteiger partial charge >= 0.3 is 6.03 Å². The number of carbonyl (C=O) groups excluding carboxylic acids is 2. The highest BCUT2D eigenvalue weighted by atomic mass is 79.9. The third-order valence-corrected chi connectivity index (χ3v) is 4.70. The van der Waals surface area contributed by atoms with Crippen LogP contribution in [0.3, 0.4) is 0 Å². The van der Waals surface area contributed by atoms with Crippen molar-refractivity contribution in [2.75, 3.05) is 38.2 Å². The van der Waals surface area contributed by atoms with Gasteiger partial charge in [0.15, 0.2) is 6.61 Å². The van der Waals surface area contributed by atoms with Crippen molar-refractivity contribution < 1.29 is 19.1 Å². The van der Waals surface area contributed by atoms with E-state index in [1.54, 1.807) is 35.2 Å². The topological polar surface area (TPSA) is 92.3 Å². The maximum absolute atomic E-state index is 12.1. The first-order chi connectivity index (χ1) is 14.1. The molecule has 1 heterocycles. The molecule has 8 nitrogen and oxygen atoms in total. The molecule has 29 heavy (non-hydrogen) atoms. The summed E-state index contributed by atoms with van der Waals surface area (Å²) in [5.74, 6) is 0.484. The van der Waals surface area contributed by atoms with Crippen LogP contribution in [0.25, 0.3) is 0 Å². The number of nitrogens with zero attached hydrogens (tertiary/aromatic N) is 2. The van der Waals surface area contributed by atoms with E-state index in [0.717, 1.165) is 5.56 Å². The van der Waals surface area contributed by atoms with Crippen LogP contribution in [0.4, 0.5) is 10.5 Å². The lowest BCUT2D eigenvalue weighted by Gasteiger charge is -2.26. The van der Waals surface area contributed by atoms with Gasteiger partial charge < -0.3 is 19.7 Å². The first kappa shape index (κ1) is 20.8. The second-order valence-electron chi connectivity index (χ2n) is 6.16. The lowest BCUT2D eigenvalue weighted by atomic mass is 10.2. The molecule has 2 aromatic carbocycles. The number of hydrogen-bond donors (Lipinski definition) is 2. The molecule has 0 aliphatic carbocycles. The SMILES string of the molecule is O=C(NN=Cc1ccc(OCC(=O)N2CCOCC2)c(Br)c1)Nc1ccccc1. The summed E-state index contributed by atoms with van der Waals surface area (Å²) in [5.41, 5.74) is 3.83. The molecule has 0 saturated carbocycles. The van der Waals surface area contributed by atoms with Gasteiger partial charge in [-0.3, -0.25) is 4.79 Å². The summed E-state index contributed by atoms with van der Waals surface area (Å²) in [7, 11) is 0. The average Bonchev–Trinajstić information content (AvgIpc) is 2.74. The second kappa shape index (κ2) is 10.6. The summed E-state index contributed by atoms with van der Waals surface area (Å²) in [6.45, 7) is 2.25. The second-order valence-corrected chi connectivity index (χ2v) is 7.02. The first-order valence-corrected chi connectivity index (χ1v) is 9.84. The minimum Gasteiger partial charge on any atom is -0.483 e. The van der Waals surface area contributed by atoms with Gasteiger partial charge in [0, 0.05) is 18.8 Å². The highest BCUT2D eigenvalue weighted by molar-refractivity contribution is 9.10. The fraction of sp³-hybridized carbons (Fsp3) is 0.250. The van der Waals surface area contributed by atoms with Crippen LogP contribution in [0, 0.1) is 0 Å². The maximum Gasteiger partial charge on any atom is 0.339 e. The van der Waals surface area contributed by atoms with Crippen molar-refractivity contribution in [1.82, 2.24) is 10.3 Å². The van der Waals surface area contributed by atoms with E-state index in [2.05, 4.69) is 31.8 Å². The van der Waals surface area contributed by atoms with Crippen LogP contribution in [0.1, 0.15) is 5.56 Å². The first-order valence-electron chi connectivity index (χ1n) is 9.05. The van der Waals surface area contributed by atoms with E-state index in [1.807, 2.05) is 18.2 Å². The molecule has 0 unspecified atom stereocenters. The Morgan fingerprint density at radius 2 is 1.93 bits per heavy atom. The lowest BCUT2D eigenvalue weighted by molar-refractivity contribution is -0.137. The standard InChI is InChI=1S/C20H21BrN4O4/c21-17-12-15(13-22-24-20(27)23-16-4-2-1-3-5-16)6-7-18(17)29-14-19(26)25-8-10-28-11-9-25/h1-7,12-13H,8-11,14H2,(H2,23,24,27). The fourth-order valence-electron chi connectivity index (χ4n) is 2.60. The molecule has 0 aromatic heterocycles. The molecule has 0 bridgehead atoms. The van der Waals surface area contributed by atoms with Crippen LogP contribution >= 0.6 is 15.9 Å². The Labute approximate surface area is 177 Å². The molecule has 0 atom stereocenters. The Morgan fingerprint density at radius 3 is 2.66 bits per heavy atom. The number of urea groups is 1. The van der Waals surface area contributed by atoms with Gasteiger partial charge in [0.2, 0.25) is 0 Å². The van der Waals surface area contributed by atoms with Gasteiger partial charge in [0.05, 0.1) is 23.9 Å². The summed E-state index contributed by atoms with van der Waals surface area (Å²) in [6.07, 6.45) is 1.51. The number of morpholine rings is 1. The van der Waals surface area contributed by atoms with E-state index in [-0.39, 0.29) is 12.5 Å². The van der Waals surface area contributed by atoms with Crippen molar-refractivity contribution in [3.8, 4) is 5.75 Å². The molecule has 0 spiro atoms. The van der Waals surface area contributed by atoms with Crippen molar-refractivity contribution >= 4 is 39.8 Å². The lowest BCUT2D eigenvalue weighted by Crippen LogP contribution is -2.43. The van der Waals surface area contributed by atoms with Crippen LogP contribution < -0.4 is 15.5 Å². The molecule has 1 saturated heterocycles. The number of benzene rings is 2. The number of ether oxygens (including phenoxy) is 2. The third-order valence-electron chi connectivity index (χ3n) is 4.08. The number of rotatable bonds is 6. The largest absolute Gasteiger partial charge is 0.483 e. The number of para-hydroxylation sites is 1. The van der Waals surface area contributed by atoms with E-state index in [1.165, 1.54) is 6.21 Å². The fourth-order valence-corrected chi connectivity index (χ4v) is 3.11. The molecule has 2 N–H and O–H groups in total. The molecular formula is C20H21BrN4O4. The Morgan fingerprint density at radius 1 is 1.17 bits per heavy atom. The zero-order chi connectivity index (χ0) is 20.5. The van der Waals surface area contributed by atoms with Gasteiger partial charge in [0.25, 0.3) is 5.91 Å². The summed E-state index contributed by atoms with van der Waals surface area (Å²) in [6, 6.07) is 13.9. The van der Waals surface area contributed by atoms with Gasteiger partial charge in [-0.25, -0.2) is 10.2 Å². The van der Waals surface area contributed by atoms with Gasteiger partial charge in [0.1, 0.15) is 5.75 Å². The smallest absolute Gasteiger partial charge is 0.339 e. The van der Waals surface area contributed by atoms with Crippen LogP contribution in [-0.2, 0) is 9.53 Å². The summed E-state index contributed by atoms with van der Waals surface area (Å²) in [5, 5.41) is 6.59. The molecule has 0 radical (unpaired) electrons. The van der Waals surface area contributed by atoms with Crippen molar-refractivity contribution in [2.24, 2.45) is 5.10 Å². The molecule has 3 rings (SSSR count). The van der Waals surface area contributed by atoms with Crippen molar-refractivity contribution in [2.45, 2.75) is 0 Å². The molecule has 1 aliphatic heterocycles. The molecule has 1 aliphatic rings. The third kappa shape index (κ3) is 6.58. The number of hydrogen-bond acceptors (Lipinski definition) is 5. The van der Waals surface area contributed by atoms with E-state index in [4.69, 9.17) is 9.47 Å². The number of hydrazone groups is 1. The molecule has 1 fully saturated rings. The van der Waals surface area contributed by atoms with E-state index in [0.29, 0.717) is 42.2 Å². The minimum atomic E-state index is -0.437. The Balaban J connectivity index is 1.47. The number of amides is 3. The minimum absolute atomic E-state index is 0.0345. The molecular weight excluding hydrogens is 440 g/mol. The van der Waals surface area contributed by atoms with Gasteiger partial charge in [-0.2, -0.15) is 5.10 Å². The molecule has 3 amide bonds. The van der Waals surface area contributed by atoms with E-state index >= 15 is 0 Å². The van der Waals surface area contributed by atoms with Crippen molar-refractivity contribution in [3.05, 3.63) is 58.6 Å². The van der Waals surface area contributed by atoms with Crippen molar-refractivity contribution in [1.29, 1.82) is 0 Å².